The molecule has 0 bridgehead atoms. The summed E-state index contributed by atoms with van der Waals surface area (Å²) < 4.78 is 0. The molecule has 56 valence electrons. The molecular weight excluding hydrogens is 124 g/mol. The summed E-state index contributed by atoms with van der Waals surface area (Å²) in [6, 6.07) is 0. The highest BCUT2D eigenvalue weighted by molar-refractivity contribution is 5.08. The van der Waals surface area contributed by atoms with Crippen molar-refractivity contribution >= 4 is 0 Å². The number of allylic oxidation sites excluding steroid dienone is 2. The lowest BCUT2D eigenvalue weighted by atomic mass is 10.3. The summed E-state index contributed by atoms with van der Waals surface area (Å²) in [7, 11) is 1.98. The summed E-state index contributed by atoms with van der Waals surface area (Å²) in [6.07, 6.45) is 8.43. The summed E-state index contributed by atoms with van der Waals surface area (Å²) in [5.41, 5.74) is 0. The maximum atomic E-state index is 3.12. The first-order valence-electron chi connectivity index (χ1n) is 3.65. The molecule has 0 aromatic carbocycles. The molecule has 0 atom stereocenters. The third-order valence-corrected chi connectivity index (χ3v) is 1.53. The molecule has 0 saturated heterocycles. The largest absolute Gasteiger partial charge is 0.372 e. The quantitative estimate of drug-likeness (QED) is 0.614. The zero-order valence-electron chi connectivity index (χ0n) is 6.38. The zero-order chi connectivity index (χ0) is 7.23. The van der Waals surface area contributed by atoms with Gasteiger partial charge in [-0.15, -0.1) is 0 Å². The van der Waals surface area contributed by atoms with Crippen molar-refractivity contribution in [3.63, 3.8) is 0 Å². The number of hydrogen-bond acceptors (Lipinski definition) is 2. The number of nitrogens with zero attached hydrogens (tertiary/aromatic N) is 1. The third-order valence-electron chi connectivity index (χ3n) is 1.53. The van der Waals surface area contributed by atoms with Crippen LogP contribution in [-0.2, 0) is 0 Å². The lowest BCUT2D eigenvalue weighted by Crippen LogP contribution is -2.27. The molecule has 0 unspecified atom stereocenters. The van der Waals surface area contributed by atoms with E-state index < -0.39 is 0 Å². The minimum Gasteiger partial charge on any atom is -0.372 e. The van der Waals surface area contributed by atoms with E-state index in [9.17, 15) is 0 Å². The van der Waals surface area contributed by atoms with Crippen molar-refractivity contribution in [3.05, 3.63) is 24.4 Å². The molecule has 0 aromatic rings. The van der Waals surface area contributed by atoms with Crippen LogP contribution in [0.5, 0.6) is 0 Å². The normalized spacial score (nSPS) is 16.3. The van der Waals surface area contributed by atoms with E-state index >= 15 is 0 Å². The first-order valence-corrected chi connectivity index (χ1v) is 3.65. The zero-order valence-corrected chi connectivity index (χ0v) is 6.38. The van der Waals surface area contributed by atoms with E-state index in [1.54, 1.807) is 0 Å². The Hall–Kier alpha value is -0.760. The summed E-state index contributed by atoms with van der Waals surface area (Å²) in [6.45, 7) is 3.20. The van der Waals surface area contributed by atoms with Crippen molar-refractivity contribution < 1.29 is 0 Å². The Kier molecular flexibility index (Phi) is 3.03. The van der Waals surface area contributed by atoms with Gasteiger partial charge in [-0.1, -0.05) is 12.2 Å². The van der Waals surface area contributed by atoms with E-state index in [-0.39, 0.29) is 0 Å². The first-order chi connectivity index (χ1) is 4.93. The molecule has 1 aliphatic heterocycles. The van der Waals surface area contributed by atoms with E-state index in [1.165, 1.54) is 0 Å². The topological polar surface area (TPSA) is 15.3 Å². The predicted molar refractivity (Wildman–Crippen MR) is 43.8 cm³/mol. The summed E-state index contributed by atoms with van der Waals surface area (Å²) >= 11 is 0. The average Bonchev–Trinajstić information content (AvgIpc) is 2.03. The second kappa shape index (κ2) is 4.12. The number of likely N-dealkylation sites (N-methyl/N-ethyl adjacent to an activating group) is 1. The fraction of sp³-hybridized carbons (Fsp3) is 0.500. The molecular formula is C8H14N2. The van der Waals surface area contributed by atoms with Crippen molar-refractivity contribution in [2.45, 2.75) is 0 Å². The van der Waals surface area contributed by atoms with E-state index in [0.717, 1.165) is 19.6 Å². The van der Waals surface area contributed by atoms with Crippen molar-refractivity contribution in [2.75, 3.05) is 26.7 Å². The Bertz CT molecular complexity index is 138. The fourth-order valence-corrected chi connectivity index (χ4v) is 0.928. The molecule has 0 aliphatic carbocycles. The maximum absolute atomic E-state index is 3.12. The van der Waals surface area contributed by atoms with Crippen LogP contribution in [0.4, 0.5) is 0 Å². The van der Waals surface area contributed by atoms with Crippen LogP contribution in [0.1, 0.15) is 0 Å². The van der Waals surface area contributed by atoms with E-state index in [2.05, 4.69) is 34.6 Å². The van der Waals surface area contributed by atoms with Crippen LogP contribution in [0.3, 0.4) is 0 Å². The van der Waals surface area contributed by atoms with Gasteiger partial charge in [0.05, 0.1) is 0 Å². The average molecular weight is 138 g/mol. The van der Waals surface area contributed by atoms with Crippen LogP contribution in [0, 0.1) is 0 Å². The molecule has 0 saturated carbocycles. The molecule has 0 fully saturated rings. The first kappa shape index (κ1) is 7.35. The minimum absolute atomic E-state index is 1.05. The third kappa shape index (κ3) is 2.23. The van der Waals surface area contributed by atoms with Gasteiger partial charge in [-0.3, -0.25) is 0 Å². The minimum atomic E-state index is 1.05. The van der Waals surface area contributed by atoms with Crippen LogP contribution in [0.2, 0.25) is 0 Å². The van der Waals surface area contributed by atoms with Crippen molar-refractivity contribution in [1.29, 1.82) is 0 Å². The van der Waals surface area contributed by atoms with E-state index in [4.69, 9.17) is 0 Å². The molecule has 0 amide bonds. The van der Waals surface area contributed by atoms with Crippen molar-refractivity contribution in [3.8, 4) is 0 Å². The Balaban J connectivity index is 2.17. The second-order valence-corrected chi connectivity index (χ2v) is 2.37. The molecule has 0 spiro atoms. The molecule has 2 nitrogen and oxygen atoms in total. The standard InChI is InChI=1S/C8H14N2/c1-9-5-8-10-6-3-2-4-7-10/h2-4,6,9H,5,7-8H2,1H3. The Morgan fingerprint density at radius 1 is 1.50 bits per heavy atom. The lowest BCUT2D eigenvalue weighted by Gasteiger charge is -2.19. The number of hydrogen-bond donors (Lipinski definition) is 1. The number of rotatable bonds is 3. The van der Waals surface area contributed by atoms with Crippen molar-refractivity contribution in [1.82, 2.24) is 10.2 Å². The van der Waals surface area contributed by atoms with Gasteiger partial charge in [-0.2, -0.15) is 0 Å². The maximum Gasteiger partial charge on any atom is 0.0357 e. The van der Waals surface area contributed by atoms with Gasteiger partial charge in [-0.25, -0.2) is 0 Å². The second-order valence-electron chi connectivity index (χ2n) is 2.37. The monoisotopic (exact) mass is 138 g/mol. The highest BCUT2D eigenvalue weighted by Gasteiger charge is 1.96. The lowest BCUT2D eigenvalue weighted by molar-refractivity contribution is 0.410. The predicted octanol–water partition coefficient (Wildman–Crippen LogP) is 0.591. The van der Waals surface area contributed by atoms with Gasteiger partial charge in [0.1, 0.15) is 0 Å². The van der Waals surface area contributed by atoms with Gasteiger partial charge in [-0.05, 0) is 19.3 Å². The highest BCUT2D eigenvalue weighted by atomic mass is 15.1. The van der Waals surface area contributed by atoms with Crippen LogP contribution in [-0.4, -0.2) is 31.6 Å². The summed E-state index contributed by atoms with van der Waals surface area (Å²) in [5.74, 6) is 0. The van der Waals surface area contributed by atoms with Crippen LogP contribution < -0.4 is 5.32 Å². The Morgan fingerprint density at radius 3 is 3.00 bits per heavy atom. The molecule has 1 rings (SSSR count). The smallest absolute Gasteiger partial charge is 0.0357 e. The molecule has 1 aliphatic rings. The summed E-state index contributed by atoms with van der Waals surface area (Å²) in [4.78, 5) is 2.27. The van der Waals surface area contributed by atoms with Gasteiger partial charge in [0.2, 0.25) is 0 Å². The van der Waals surface area contributed by atoms with Crippen LogP contribution in [0.25, 0.3) is 0 Å². The van der Waals surface area contributed by atoms with Gasteiger partial charge in [0, 0.05) is 19.6 Å². The summed E-state index contributed by atoms with van der Waals surface area (Å²) in [5, 5.41) is 3.12. The Labute approximate surface area is 62.2 Å². The molecule has 0 radical (unpaired) electrons. The SMILES string of the molecule is CNCCN1C=CC=CC1. The number of nitrogens with one attached hydrogen (secondary N) is 1. The van der Waals surface area contributed by atoms with Crippen LogP contribution in [0.15, 0.2) is 24.4 Å². The van der Waals surface area contributed by atoms with Crippen LogP contribution >= 0.6 is 0 Å². The van der Waals surface area contributed by atoms with Crippen molar-refractivity contribution in [2.24, 2.45) is 0 Å². The van der Waals surface area contributed by atoms with Gasteiger partial charge >= 0.3 is 0 Å². The van der Waals surface area contributed by atoms with E-state index in [0.29, 0.717) is 0 Å². The van der Waals surface area contributed by atoms with Gasteiger partial charge < -0.3 is 10.2 Å². The fourth-order valence-electron chi connectivity index (χ4n) is 0.928. The van der Waals surface area contributed by atoms with Gasteiger partial charge in [0.25, 0.3) is 0 Å². The molecule has 10 heavy (non-hydrogen) atoms. The highest BCUT2D eigenvalue weighted by Crippen LogP contribution is 1.95. The van der Waals surface area contributed by atoms with E-state index in [1.807, 2.05) is 7.05 Å². The van der Waals surface area contributed by atoms with Gasteiger partial charge in [0.15, 0.2) is 0 Å². The molecule has 2 heteroatoms. The Morgan fingerprint density at radius 2 is 2.40 bits per heavy atom. The molecule has 1 N–H and O–H groups in total. The molecule has 1 heterocycles. The molecule has 0 aromatic heterocycles.